The fourth-order valence-electron chi connectivity index (χ4n) is 2.20. The van der Waals surface area contributed by atoms with Crippen molar-refractivity contribution in [2.45, 2.75) is 31.8 Å². The van der Waals surface area contributed by atoms with Crippen LogP contribution in [0.5, 0.6) is 0 Å². The van der Waals surface area contributed by atoms with Gasteiger partial charge in [0.1, 0.15) is 4.90 Å². The zero-order chi connectivity index (χ0) is 15.6. The van der Waals surface area contributed by atoms with Crippen molar-refractivity contribution in [2.24, 2.45) is 7.05 Å². The average molecular weight is 313 g/mol. The lowest BCUT2D eigenvalue weighted by atomic mass is 10.4. The van der Waals surface area contributed by atoms with Crippen LogP contribution in [-0.2, 0) is 30.2 Å². The third-order valence-electron chi connectivity index (χ3n) is 3.12. The maximum Gasteiger partial charge on any atom is 0.244 e. The van der Waals surface area contributed by atoms with Crippen LogP contribution < -0.4 is 4.72 Å². The molecule has 2 N–H and O–H groups in total. The molecule has 8 nitrogen and oxygen atoms in total. The van der Waals surface area contributed by atoms with Gasteiger partial charge in [0.15, 0.2) is 0 Å². The van der Waals surface area contributed by atoms with Gasteiger partial charge in [-0.25, -0.2) is 13.1 Å². The third kappa shape index (κ3) is 3.31. The van der Waals surface area contributed by atoms with Crippen LogP contribution in [0.15, 0.2) is 17.3 Å². The van der Waals surface area contributed by atoms with E-state index < -0.39 is 10.0 Å². The van der Waals surface area contributed by atoms with E-state index in [1.54, 1.807) is 38.0 Å². The second-order valence-electron chi connectivity index (χ2n) is 4.79. The van der Waals surface area contributed by atoms with Gasteiger partial charge in [-0.2, -0.15) is 10.2 Å². The molecule has 2 aromatic heterocycles. The van der Waals surface area contributed by atoms with E-state index in [1.165, 1.54) is 4.68 Å². The first-order chi connectivity index (χ1) is 9.85. The van der Waals surface area contributed by atoms with E-state index in [2.05, 4.69) is 14.9 Å². The van der Waals surface area contributed by atoms with E-state index in [0.717, 1.165) is 5.56 Å². The summed E-state index contributed by atoms with van der Waals surface area (Å²) >= 11 is 0. The van der Waals surface area contributed by atoms with Crippen LogP contribution in [0.3, 0.4) is 0 Å². The first-order valence-corrected chi connectivity index (χ1v) is 7.95. The fraction of sp³-hybridized carbons (Fsp3) is 0.500. The molecule has 0 saturated carbocycles. The molecule has 0 radical (unpaired) electrons. The highest BCUT2D eigenvalue weighted by Crippen LogP contribution is 2.19. The topological polar surface area (TPSA) is 102 Å². The van der Waals surface area contributed by atoms with Crippen LogP contribution in [-0.4, -0.2) is 39.7 Å². The number of aryl methyl sites for hydroxylation is 2. The lowest BCUT2D eigenvalue weighted by molar-refractivity contribution is 0.267. The fourth-order valence-corrected chi connectivity index (χ4v) is 3.62. The zero-order valence-corrected chi connectivity index (χ0v) is 13.1. The summed E-state index contributed by atoms with van der Waals surface area (Å²) in [7, 11) is -1.89. The number of aliphatic hydroxyl groups excluding tert-OH is 1. The van der Waals surface area contributed by atoms with Gasteiger partial charge in [0.25, 0.3) is 0 Å². The van der Waals surface area contributed by atoms with E-state index in [0.29, 0.717) is 11.4 Å². The second kappa shape index (κ2) is 5.96. The summed E-state index contributed by atoms with van der Waals surface area (Å²) in [5, 5.41) is 17.1. The maximum atomic E-state index is 12.4. The Kier molecular flexibility index (Phi) is 4.45. The minimum Gasteiger partial charge on any atom is -0.394 e. The average Bonchev–Trinajstić information content (AvgIpc) is 2.93. The molecule has 0 spiro atoms. The Morgan fingerprint density at radius 2 is 2.10 bits per heavy atom. The van der Waals surface area contributed by atoms with Crippen LogP contribution in [0.25, 0.3) is 0 Å². The number of nitrogens with one attached hydrogen (secondary N) is 1. The van der Waals surface area contributed by atoms with Crippen molar-refractivity contribution in [3.8, 4) is 0 Å². The largest absolute Gasteiger partial charge is 0.394 e. The van der Waals surface area contributed by atoms with Crippen molar-refractivity contribution in [3.63, 3.8) is 0 Å². The van der Waals surface area contributed by atoms with E-state index in [9.17, 15) is 8.42 Å². The molecule has 0 aliphatic rings. The second-order valence-corrected chi connectivity index (χ2v) is 6.50. The Hall–Kier alpha value is -1.71. The van der Waals surface area contributed by atoms with E-state index in [-0.39, 0.29) is 24.6 Å². The molecule has 116 valence electrons. The van der Waals surface area contributed by atoms with Gasteiger partial charge in [0, 0.05) is 25.4 Å². The molecule has 0 bridgehead atoms. The summed E-state index contributed by atoms with van der Waals surface area (Å²) in [5.74, 6) is 0. The van der Waals surface area contributed by atoms with Gasteiger partial charge >= 0.3 is 0 Å². The standard InChI is InChI=1S/C12H19N5O3S/c1-9-12(10(2)17(15-9)4-5-18)21(19,20)14-7-11-6-13-16(3)8-11/h6,8,14,18H,4-5,7H2,1-3H3. The molecule has 0 aliphatic carbocycles. The minimum atomic E-state index is -3.66. The molecule has 9 heteroatoms. The van der Waals surface area contributed by atoms with Crippen molar-refractivity contribution in [1.82, 2.24) is 24.3 Å². The van der Waals surface area contributed by atoms with Gasteiger partial charge in [0.2, 0.25) is 10.0 Å². The SMILES string of the molecule is Cc1nn(CCO)c(C)c1S(=O)(=O)NCc1cnn(C)c1. The summed E-state index contributed by atoms with van der Waals surface area (Å²) in [4.78, 5) is 0.167. The van der Waals surface area contributed by atoms with Crippen molar-refractivity contribution >= 4 is 10.0 Å². The Bertz CT molecular complexity index is 732. The summed E-state index contributed by atoms with van der Waals surface area (Å²) < 4.78 is 30.5. The number of nitrogens with zero attached hydrogens (tertiary/aromatic N) is 4. The lowest BCUT2D eigenvalue weighted by Crippen LogP contribution is -2.24. The number of sulfonamides is 1. The number of aromatic nitrogens is 4. The van der Waals surface area contributed by atoms with Gasteiger partial charge < -0.3 is 5.11 Å². The predicted molar refractivity (Wildman–Crippen MR) is 76.0 cm³/mol. The third-order valence-corrected chi connectivity index (χ3v) is 4.77. The van der Waals surface area contributed by atoms with Crippen LogP contribution in [0.4, 0.5) is 0 Å². The number of rotatable bonds is 6. The summed E-state index contributed by atoms with van der Waals surface area (Å²) in [6.45, 7) is 3.66. The normalized spacial score (nSPS) is 12.0. The summed E-state index contributed by atoms with van der Waals surface area (Å²) in [6.07, 6.45) is 3.36. The van der Waals surface area contributed by atoms with Crippen molar-refractivity contribution in [1.29, 1.82) is 0 Å². The number of aliphatic hydroxyl groups is 1. The smallest absolute Gasteiger partial charge is 0.244 e. The summed E-state index contributed by atoms with van der Waals surface area (Å²) in [6, 6.07) is 0. The maximum absolute atomic E-state index is 12.4. The van der Waals surface area contributed by atoms with E-state index in [4.69, 9.17) is 5.11 Å². The van der Waals surface area contributed by atoms with Crippen molar-refractivity contribution in [2.75, 3.05) is 6.61 Å². The molecule has 0 saturated heterocycles. The predicted octanol–water partition coefficient (Wildman–Crippen LogP) is -0.296. The Labute approximate surface area is 123 Å². The molecular weight excluding hydrogens is 294 g/mol. The molecule has 21 heavy (non-hydrogen) atoms. The quantitative estimate of drug-likeness (QED) is 0.762. The van der Waals surface area contributed by atoms with Crippen LogP contribution in [0, 0.1) is 13.8 Å². The molecule has 2 aromatic rings. The highest BCUT2D eigenvalue weighted by Gasteiger charge is 2.24. The van der Waals surface area contributed by atoms with E-state index >= 15 is 0 Å². The van der Waals surface area contributed by atoms with Crippen molar-refractivity contribution in [3.05, 3.63) is 29.3 Å². The van der Waals surface area contributed by atoms with E-state index in [1.807, 2.05) is 0 Å². The highest BCUT2D eigenvalue weighted by atomic mass is 32.2. The Morgan fingerprint density at radius 1 is 1.38 bits per heavy atom. The van der Waals surface area contributed by atoms with Crippen molar-refractivity contribution < 1.29 is 13.5 Å². The molecule has 0 aromatic carbocycles. The van der Waals surface area contributed by atoms with Gasteiger partial charge in [-0.05, 0) is 13.8 Å². The molecule has 2 rings (SSSR count). The molecular formula is C12H19N5O3S. The summed E-state index contributed by atoms with van der Waals surface area (Å²) in [5.41, 5.74) is 1.71. The first-order valence-electron chi connectivity index (χ1n) is 6.47. The van der Waals surface area contributed by atoms with Crippen LogP contribution in [0.1, 0.15) is 17.0 Å². The Morgan fingerprint density at radius 3 is 2.67 bits per heavy atom. The van der Waals surface area contributed by atoms with Crippen LogP contribution in [0.2, 0.25) is 0 Å². The Balaban J connectivity index is 2.23. The lowest BCUT2D eigenvalue weighted by Gasteiger charge is -2.06. The van der Waals surface area contributed by atoms with Gasteiger partial charge in [-0.15, -0.1) is 0 Å². The zero-order valence-electron chi connectivity index (χ0n) is 12.2. The molecule has 0 amide bonds. The first kappa shape index (κ1) is 15.7. The van der Waals surface area contributed by atoms with Gasteiger partial charge in [-0.3, -0.25) is 9.36 Å². The van der Waals surface area contributed by atoms with Gasteiger partial charge in [-0.1, -0.05) is 0 Å². The number of hydrogen-bond acceptors (Lipinski definition) is 5. The molecule has 0 atom stereocenters. The highest BCUT2D eigenvalue weighted by molar-refractivity contribution is 7.89. The minimum absolute atomic E-state index is 0.0927. The van der Waals surface area contributed by atoms with Gasteiger partial charge in [0.05, 0.1) is 30.7 Å². The molecule has 0 unspecified atom stereocenters. The molecule has 0 fully saturated rings. The molecule has 2 heterocycles. The number of hydrogen-bond donors (Lipinski definition) is 2. The van der Waals surface area contributed by atoms with Crippen LogP contribution >= 0.6 is 0 Å². The molecule has 0 aliphatic heterocycles. The monoisotopic (exact) mass is 313 g/mol.